The van der Waals surface area contributed by atoms with Crippen molar-refractivity contribution < 1.29 is 9.90 Å². The summed E-state index contributed by atoms with van der Waals surface area (Å²) in [5, 5.41) is 12.9. The summed E-state index contributed by atoms with van der Waals surface area (Å²) in [6, 6.07) is 1.79. The first-order chi connectivity index (χ1) is 8.53. The molecule has 1 saturated heterocycles. The van der Waals surface area contributed by atoms with Gasteiger partial charge in [-0.3, -0.25) is 9.78 Å². The summed E-state index contributed by atoms with van der Waals surface area (Å²) in [5.74, 6) is -0.0250. The van der Waals surface area contributed by atoms with Crippen LogP contribution in [-0.4, -0.2) is 46.6 Å². The van der Waals surface area contributed by atoms with E-state index in [1.807, 2.05) is 6.92 Å². The highest BCUT2D eigenvalue weighted by atomic mass is 16.3. The Morgan fingerprint density at radius 1 is 1.50 bits per heavy atom. The van der Waals surface area contributed by atoms with Gasteiger partial charge in [0.05, 0.1) is 11.2 Å². The highest BCUT2D eigenvalue weighted by Crippen LogP contribution is 2.24. The second-order valence-electron chi connectivity index (χ2n) is 4.96. The van der Waals surface area contributed by atoms with E-state index in [0.717, 1.165) is 5.69 Å². The first kappa shape index (κ1) is 12.8. The quantitative estimate of drug-likeness (QED) is 0.824. The summed E-state index contributed by atoms with van der Waals surface area (Å²) in [5.41, 5.74) is 0.728. The summed E-state index contributed by atoms with van der Waals surface area (Å²) in [6.45, 7) is 2.99. The first-order valence-corrected chi connectivity index (χ1v) is 6.17. The zero-order valence-corrected chi connectivity index (χ0v) is 10.8. The normalized spacial score (nSPS) is 18.5. The predicted octanol–water partition coefficient (Wildman–Crippen LogP) is 1.11. The van der Waals surface area contributed by atoms with Gasteiger partial charge < -0.3 is 15.3 Å². The number of aromatic nitrogens is 1. The average molecular weight is 249 g/mol. The molecule has 5 nitrogen and oxygen atoms in total. The number of hydrogen-bond donors (Lipinski definition) is 2. The molecule has 0 unspecified atom stereocenters. The van der Waals surface area contributed by atoms with E-state index in [-0.39, 0.29) is 5.91 Å². The number of amides is 1. The van der Waals surface area contributed by atoms with Crippen molar-refractivity contribution in [3.8, 4) is 0 Å². The number of carbonyl (C=O) groups excluding carboxylic acids is 1. The molecule has 0 atom stereocenters. The zero-order chi connectivity index (χ0) is 13.2. The molecule has 2 rings (SSSR count). The average Bonchev–Trinajstić information content (AvgIpc) is 2.38. The van der Waals surface area contributed by atoms with Crippen LogP contribution < -0.4 is 5.32 Å². The SMILES string of the molecule is CNc1ccncc1C(=O)N1CCC(C)(O)CC1. The Kier molecular flexibility index (Phi) is 3.52. The van der Waals surface area contributed by atoms with Gasteiger partial charge in [-0.2, -0.15) is 0 Å². The van der Waals surface area contributed by atoms with Crippen molar-refractivity contribution in [2.24, 2.45) is 0 Å². The molecule has 18 heavy (non-hydrogen) atoms. The number of piperidine rings is 1. The number of pyridine rings is 1. The van der Waals surface area contributed by atoms with Gasteiger partial charge in [0.1, 0.15) is 0 Å². The van der Waals surface area contributed by atoms with Gasteiger partial charge in [0.25, 0.3) is 5.91 Å². The van der Waals surface area contributed by atoms with E-state index in [2.05, 4.69) is 10.3 Å². The summed E-state index contributed by atoms with van der Waals surface area (Å²) in [7, 11) is 1.78. The number of nitrogens with zero attached hydrogens (tertiary/aromatic N) is 2. The Balaban J connectivity index is 2.13. The molecule has 2 heterocycles. The van der Waals surface area contributed by atoms with E-state index in [9.17, 15) is 9.90 Å². The van der Waals surface area contributed by atoms with E-state index in [4.69, 9.17) is 0 Å². The van der Waals surface area contributed by atoms with Crippen molar-refractivity contribution in [2.75, 3.05) is 25.5 Å². The van der Waals surface area contributed by atoms with Crippen LogP contribution in [0.2, 0.25) is 0 Å². The van der Waals surface area contributed by atoms with Crippen molar-refractivity contribution in [1.29, 1.82) is 0 Å². The maximum absolute atomic E-state index is 12.4. The van der Waals surface area contributed by atoms with Gasteiger partial charge in [-0.1, -0.05) is 0 Å². The number of carbonyl (C=O) groups is 1. The summed E-state index contributed by atoms with van der Waals surface area (Å²) in [6.07, 6.45) is 4.48. The number of likely N-dealkylation sites (tertiary alicyclic amines) is 1. The van der Waals surface area contributed by atoms with Gasteiger partial charge in [0.2, 0.25) is 0 Å². The van der Waals surface area contributed by atoms with Crippen molar-refractivity contribution >= 4 is 11.6 Å². The fraction of sp³-hybridized carbons (Fsp3) is 0.538. The predicted molar refractivity (Wildman–Crippen MR) is 69.5 cm³/mol. The maximum Gasteiger partial charge on any atom is 0.257 e. The minimum atomic E-state index is -0.641. The van der Waals surface area contributed by atoms with Crippen LogP contribution >= 0.6 is 0 Å². The van der Waals surface area contributed by atoms with Crippen molar-refractivity contribution in [1.82, 2.24) is 9.88 Å². The highest BCUT2D eigenvalue weighted by Gasteiger charge is 2.30. The number of hydrogen-bond acceptors (Lipinski definition) is 4. The lowest BCUT2D eigenvalue weighted by Gasteiger charge is -2.36. The van der Waals surface area contributed by atoms with Crippen LogP contribution in [0.5, 0.6) is 0 Å². The number of nitrogens with one attached hydrogen (secondary N) is 1. The second-order valence-corrected chi connectivity index (χ2v) is 4.96. The molecule has 1 fully saturated rings. The van der Waals surface area contributed by atoms with Gasteiger partial charge >= 0.3 is 0 Å². The molecular formula is C13H19N3O2. The Bertz CT molecular complexity index is 436. The highest BCUT2D eigenvalue weighted by molar-refractivity contribution is 5.99. The van der Waals surface area contributed by atoms with Crippen molar-refractivity contribution in [3.05, 3.63) is 24.0 Å². The molecule has 0 aliphatic carbocycles. The molecule has 1 aliphatic rings. The molecule has 0 bridgehead atoms. The Hall–Kier alpha value is -1.62. The van der Waals surface area contributed by atoms with Crippen LogP contribution in [0.15, 0.2) is 18.5 Å². The second kappa shape index (κ2) is 4.94. The topological polar surface area (TPSA) is 65.5 Å². The number of aliphatic hydroxyl groups is 1. The van der Waals surface area contributed by atoms with Crippen LogP contribution in [0.4, 0.5) is 5.69 Å². The summed E-state index contributed by atoms with van der Waals surface area (Å²) >= 11 is 0. The van der Waals surface area contributed by atoms with Gasteiger partial charge in [-0.25, -0.2) is 0 Å². The maximum atomic E-state index is 12.4. The smallest absolute Gasteiger partial charge is 0.257 e. The monoisotopic (exact) mass is 249 g/mol. The van der Waals surface area contributed by atoms with Crippen LogP contribution in [0.1, 0.15) is 30.1 Å². The fourth-order valence-electron chi connectivity index (χ4n) is 2.14. The molecule has 0 saturated carbocycles. The standard InChI is InChI=1S/C13H19N3O2/c1-13(18)4-7-16(8-5-13)12(17)10-9-15-6-3-11(10)14-2/h3,6,9,18H,4-5,7-8H2,1-2H3,(H,14,15). The third-order valence-electron chi connectivity index (χ3n) is 3.45. The molecule has 0 radical (unpaired) electrons. The molecule has 5 heteroatoms. The molecule has 1 amide bonds. The lowest BCUT2D eigenvalue weighted by molar-refractivity contribution is -0.00200. The minimum absolute atomic E-state index is 0.0250. The van der Waals surface area contributed by atoms with E-state index >= 15 is 0 Å². The summed E-state index contributed by atoms with van der Waals surface area (Å²) < 4.78 is 0. The molecule has 0 aromatic carbocycles. The lowest BCUT2D eigenvalue weighted by Crippen LogP contribution is -2.45. The van der Waals surface area contributed by atoms with Crippen LogP contribution in [0.25, 0.3) is 0 Å². The van der Waals surface area contributed by atoms with Crippen LogP contribution in [0.3, 0.4) is 0 Å². The molecular weight excluding hydrogens is 230 g/mol. The number of rotatable bonds is 2. The largest absolute Gasteiger partial charge is 0.390 e. The lowest BCUT2D eigenvalue weighted by atomic mass is 9.93. The van der Waals surface area contributed by atoms with Gasteiger partial charge in [0.15, 0.2) is 0 Å². The van der Waals surface area contributed by atoms with E-state index in [0.29, 0.717) is 31.5 Å². The van der Waals surface area contributed by atoms with E-state index < -0.39 is 5.60 Å². The third-order valence-corrected chi connectivity index (χ3v) is 3.45. The Labute approximate surface area is 107 Å². The molecule has 1 aromatic rings. The van der Waals surface area contributed by atoms with Gasteiger partial charge in [0, 0.05) is 38.2 Å². The fourth-order valence-corrected chi connectivity index (χ4v) is 2.14. The van der Waals surface area contributed by atoms with Gasteiger partial charge in [-0.15, -0.1) is 0 Å². The minimum Gasteiger partial charge on any atom is -0.390 e. The Morgan fingerprint density at radius 2 is 2.17 bits per heavy atom. The van der Waals surface area contributed by atoms with Crippen LogP contribution in [-0.2, 0) is 0 Å². The third kappa shape index (κ3) is 2.61. The van der Waals surface area contributed by atoms with Crippen molar-refractivity contribution in [2.45, 2.75) is 25.4 Å². The van der Waals surface area contributed by atoms with E-state index in [1.165, 1.54) is 0 Å². The molecule has 98 valence electrons. The van der Waals surface area contributed by atoms with Crippen molar-refractivity contribution in [3.63, 3.8) is 0 Å². The number of anilines is 1. The Morgan fingerprint density at radius 3 is 2.78 bits per heavy atom. The van der Waals surface area contributed by atoms with Crippen LogP contribution in [0, 0.1) is 0 Å². The molecule has 2 N–H and O–H groups in total. The molecule has 0 spiro atoms. The molecule has 1 aromatic heterocycles. The van der Waals surface area contributed by atoms with Gasteiger partial charge in [-0.05, 0) is 25.8 Å². The molecule has 1 aliphatic heterocycles. The van der Waals surface area contributed by atoms with E-state index in [1.54, 1.807) is 30.4 Å². The first-order valence-electron chi connectivity index (χ1n) is 6.17. The summed E-state index contributed by atoms with van der Waals surface area (Å²) in [4.78, 5) is 18.1. The zero-order valence-electron chi connectivity index (χ0n) is 10.8.